The first-order valence-corrected chi connectivity index (χ1v) is 9.71. The highest BCUT2D eigenvalue weighted by Crippen LogP contribution is 2.57. The number of hydrogen-bond donors (Lipinski definition) is 1. The van der Waals surface area contributed by atoms with Crippen LogP contribution in [0, 0.1) is 5.41 Å². The van der Waals surface area contributed by atoms with Crippen molar-refractivity contribution in [2.45, 2.75) is 83.5 Å². The number of carbonyl (C=O) groups is 1. The molecular formula is C18H28N4O3. The molecule has 0 aromatic carbocycles. The fourth-order valence-corrected chi connectivity index (χ4v) is 4.74. The summed E-state index contributed by atoms with van der Waals surface area (Å²) in [7, 11) is 0. The first kappa shape index (κ1) is 16.8. The van der Waals surface area contributed by atoms with Gasteiger partial charge in [-0.1, -0.05) is 12.8 Å². The Kier molecular flexibility index (Phi) is 4.43. The zero-order chi connectivity index (χ0) is 17.4. The van der Waals surface area contributed by atoms with Crippen molar-refractivity contribution in [2.75, 3.05) is 6.61 Å². The van der Waals surface area contributed by atoms with Gasteiger partial charge in [-0.3, -0.25) is 9.36 Å². The second kappa shape index (κ2) is 6.59. The van der Waals surface area contributed by atoms with Crippen molar-refractivity contribution in [1.29, 1.82) is 0 Å². The van der Waals surface area contributed by atoms with Gasteiger partial charge in [0.1, 0.15) is 12.4 Å². The average molecular weight is 348 g/mol. The Hall–Kier alpha value is -1.63. The van der Waals surface area contributed by atoms with Crippen LogP contribution >= 0.6 is 0 Å². The molecule has 1 aliphatic heterocycles. The molecule has 2 unspecified atom stereocenters. The maximum Gasteiger partial charge on any atom is 0.346 e. The van der Waals surface area contributed by atoms with E-state index in [1.165, 1.54) is 11.1 Å². The summed E-state index contributed by atoms with van der Waals surface area (Å²) in [5.41, 5.74) is -0.00617. The van der Waals surface area contributed by atoms with Gasteiger partial charge in [0.25, 0.3) is 0 Å². The zero-order valence-corrected chi connectivity index (χ0v) is 15.0. The summed E-state index contributed by atoms with van der Waals surface area (Å²) >= 11 is 0. The highest BCUT2D eigenvalue weighted by Gasteiger charge is 2.59. The minimum atomic E-state index is -0.147. The minimum absolute atomic E-state index is 0.0186. The third-order valence-electron chi connectivity index (χ3n) is 6.35. The zero-order valence-electron chi connectivity index (χ0n) is 15.0. The number of amides is 1. The molecule has 2 saturated carbocycles. The number of aryl methyl sites for hydroxylation is 1. The number of aromatic nitrogens is 3. The van der Waals surface area contributed by atoms with Crippen LogP contribution < -0.4 is 11.0 Å². The van der Waals surface area contributed by atoms with Gasteiger partial charge in [0.15, 0.2) is 0 Å². The third kappa shape index (κ3) is 2.82. The predicted molar refractivity (Wildman–Crippen MR) is 92.3 cm³/mol. The van der Waals surface area contributed by atoms with Gasteiger partial charge in [0, 0.05) is 31.0 Å². The molecule has 1 N–H and O–H groups in total. The summed E-state index contributed by atoms with van der Waals surface area (Å²) in [5, 5.41) is 7.54. The Balaban J connectivity index is 1.39. The Morgan fingerprint density at radius 1 is 1.32 bits per heavy atom. The molecule has 4 rings (SSSR count). The second-order valence-corrected chi connectivity index (χ2v) is 7.71. The van der Waals surface area contributed by atoms with Crippen LogP contribution in [0.5, 0.6) is 0 Å². The van der Waals surface area contributed by atoms with Gasteiger partial charge in [-0.2, -0.15) is 5.10 Å². The molecule has 1 aromatic heterocycles. The predicted octanol–water partition coefficient (Wildman–Crippen LogP) is 1.24. The van der Waals surface area contributed by atoms with Crippen LogP contribution in [0.3, 0.4) is 0 Å². The molecular weight excluding hydrogens is 320 g/mol. The molecule has 1 amide bonds. The van der Waals surface area contributed by atoms with E-state index >= 15 is 0 Å². The van der Waals surface area contributed by atoms with E-state index in [2.05, 4.69) is 10.4 Å². The second-order valence-electron chi connectivity index (χ2n) is 7.71. The minimum Gasteiger partial charge on any atom is -0.378 e. The Labute approximate surface area is 147 Å². The molecule has 0 bridgehead atoms. The van der Waals surface area contributed by atoms with Crippen molar-refractivity contribution >= 4 is 5.91 Å². The van der Waals surface area contributed by atoms with Crippen molar-refractivity contribution in [1.82, 2.24) is 19.7 Å². The van der Waals surface area contributed by atoms with E-state index in [1.54, 1.807) is 4.57 Å². The molecule has 2 heterocycles. The number of nitrogens with zero attached hydrogens (tertiary/aromatic N) is 3. The molecule has 3 aliphatic rings. The number of ether oxygens (including phenoxy) is 1. The smallest absolute Gasteiger partial charge is 0.346 e. The molecule has 0 saturated heterocycles. The standard InChI is InChI=1S/C18H28N4O3/c1-2-25-14-11-13(18(14)8-6-9-18)19-16(23)12-22-17(24)21-10-5-3-4-7-15(21)20-22/h13-14H,2-12H2,1H3,(H,19,23). The summed E-state index contributed by atoms with van der Waals surface area (Å²) in [6.45, 7) is 3.48. The van der Waals surface area contributed by atoms with Crippen LogP contribution in [-0.4, -0.2) is 39.0 Å². The molecule has 1 aromatic rings. The maximum absolute atomic E-state index is 12.5. The van der Waals surface area contributed by atoms with Crippen LogP contribution in [0.15, 0.2) is 4.79 Å². The molecule has 2 fully saturated rings. The molecule has 7 heteroatoms. The quantitative estimate of drug-likeness (QED) is 0.868. The van der Waals surface area contributed by atoms with E-state index in [0.717, 1.165) is 63.9 Å². The van der Waals surface area contributed by atoms with E-state index in [1.807, 2.05) is 6.92 Å². The van der Waals surface area contributed by atoms with Crippen LogP contribution in [0.4, 0.5) is 0 Å². The normalized spacial score (nSPS) is 27.1. The van der Waals surface area contributed by atoms with Crippen LogP contribution in [0.2, 0.25) is 0 Å². The van der Waals surface area contributed by atoms with Crippen LogP contribution in [0.1, 0.15) is 57.7 Å². The maximum atomic E-state index is 12.5. The first-order valence-electron chi connectivity index (χ1n) is 9.71. The molecule has 2 atom stereocenters. The van der Waals surface area contributed by atoms with Crippen molar-refractivity contribution in [2.24, 2.45) is 5.41 Å². The Bertz CT molecular complexity index is 704. The fraction of sp³-hybridized carbons (Fsp3) is 0.833. The molecule has 7 nitrogen and oxygen atoms in total. The monoisotopic (exact) mass is 348 g/mol. The van der Waals surface area contributed by atoms with Crippen LogP contribution in [-0.2, 0) is 29.0 Å². The van der Waals surface area contributed by atoms with Gasteiger partial charge in [0.05, 0.1) is 6.10 Å². The fourth-order valence-electron chi connectivity index (χ4n) is 4.74. The highest BCUT2D eigenvalue weighted by atomic mass is 16.5. The third-order valence-corrected chi connectivity index (χ3v) is 6.35. The van der Waals surface area contributed by atoms with Crippen LogP contribution in [0.25, 0.3) is 0 Å². The Morgan fingerprint density at radius 3 is 2.88 bits per heavy atom. The number of nitrogens with one attached hydrogen (secondary N) is 1. The molecule has 25 heavy (non-hydrogen) atoms. The lowest BCUT2D eigenvalue weighted by atomic mass is 9.51. The van der Waals surface area contributed by atoms with E-state index in [-0.39, 0.29) is 35.7 Å². The number of rotatable bonds is 5. The SMILES string of the molecule is CCOC1CC(NC(=O)Cn2nc3n(c2=O)CCCCC3)C12CCC2. The van der Waals surface area contributed by atoms with Gasteiger partial charge in [-0.15, -0.1) is 0 Å². The first-order chi connectivity index (χ1) is 12.1. The summed E-state index contributed by atoms with van der Waals surface area (Å²) in [6, 6.07) is 0.182. The largest absolute Gasteiger partial charge is 0.378 e. The topological polar surface area (TPSA) is 78.2 Å². The summed E-state index contributed by atoms with van der Waals surface area (Å²) in [5.74, 6) is 0.715. The highest BCUT2D eigenvalue weighted by molar-refractivity contribution is 5.76. The van der Waals surface area contributed by atoms with Crippen molar-refractivity contribution in [3.05, 3.63) is 16.3 Å². The molecule has 1 spiro atoms. The number of fused-ring (bicyclic) bond motifs is 1. The molecule has 2 aliphatic carbocycles. The Morgan fingerprint density at radius 2 is 2.16 bits per heavy atom. The molecule has 138 valence electrons. The average Bonchev–Trinajstić information content (AvgIpc) is 2.71. The van der Waals surface area contributed by atoms with Gasteiger partial charge in [-0.05, 0) is 39.0 Å². The van der Waals surface area contributed by atoms with Crippen molar-refractivity contribution < 1.29 is 9.53 Å². The van der Waals surface area contributed by atoms with Gasteiger partial charge >= 0.3 is 5.69 Å². The van der Waals surface area contributed by atoms with Crippen molar-refractivity contribution in [3.63, 3.8) is 0 Å². The van der Waals surface area contributed by atoms with E-state index < -0.39 is 0 Å². The van der Waals surface area contributed by atoms with E-state index in [0.29, 0.717) is 0 Å². The summed E-state index contributed by atoms with van der Waals surface area (Å²) in [4.78, 5) is 24.9. The number of carbonyl (C=O) groups excluding carboxylic acids is 1. The van der Waals surface area contributed by atoms with Crippen molar-refractivity contribution in [3.8, 4) is 0 Å². The van der Waals surface area contributed by atoms with Gasteiger partial charge < -0.3 is 10.1 Å². The summed E-state index contributed by atoms with van der Waals surface area (Å²) in [6.07, 6.45) is 8.66. The number of hydrogen-bond acceptors (Lipinski definition) is 4. The van der Waals surface area contributed by atoms with Gasteiger partial charge in [-0.25, -0.2) is 9.48 Å². The van der Waals surface area contributed by atoms with Gasteiger partial charge in [0.2, 0.25) is 5.91 Å². The lowest BCUT2D eigenvalue weighted by Gasteiger charge is -2.61. The summed E-state index contributed by atoms with van der Waals surface area (Å²) < 4.78 is 8.90. The van der Waals surface area contributed by atoms with E-state index in [4.69, 9.17) is 4.74 Å². The molecule has 0 radical (unpaired) electrons. The lowest BCUT2D eigenvalue weighted by Crippen LogP contribution is -2.67. The van der Waals surface area contributed by atoms with E-state index in [9.17, 15) is 9.59 Å². The lowest BCUT2D eigenvalue weighted by molar-refractivity contribution is -0.176.